The van der Waals surface area contributed by atoms with E-state index < -0.39 is 17.8 Å². The van der Waals surface area contributed by atoms with Crippen molar-refractivity contribution in [2.75, 3.05) is 18.0 Å². The largest absolute Gasteiger partial charge is 0.433 e. The molecular weight excluding hydrogens is 429 g/mol. The number of fused-ring (bicyclic) bond motifs is 1. The van der Waals surface area contributed by atoms with E-state index in [4.69, 9.17) is 0 Å². The van der Waals surface area contributed by atoms with Gasteiger partial charge in [0.05, 0.1) is 5.92 Å². The number of nitrogens with zero attached hydrogens (tertiary/aromatic N) is 3. The zero-order valence-corrected chi connectivity index (χ0v) is 18.7. The molecule has 1 aliphatic heterocycles. The Bertz CT molecular complexity index is 1140. The van der Waals surface area contributed by atoms with Crippen molar-refractivity contribution in [3.8, 4) is 0 Å². The molecule has 0 bridgehead atoms. The molecule has 1 saturated heterocycles. The molecule has 1 aliphatic rings. The first kappa shape index (κ1) is 23.0. The Kier molecular flexibility index (Phi) is 6.54. The van der Waals surface area contributed by atoms with Gasteiger partial charge >= 0.3 is 6.18 Å². The molecule has 0 saturated carbocycles. The van der Waals surface area contributed by atoms with Gasteiger partial charge < -0.3 is 10.2 Å². The summed E-state index contributed by atoms with van der Waals surface area (Å²) in [4.78, 5) is 22.8. The second-order valence-electron chi connectivity index (χ2n) is 8.77. The molecule has 4 rings (SSSR count). The molecule has 1 fully saturated rings. The third-order valence-corrected chi connectivity index (χ3v) is 6.34. The first-order valence-electron chi connectivity index (χ1n) is 11.2. The molecular formula is C25H27F3N4O. The number of amides is 1. The van der Waals surface area contributed by atoms with E-state index in [2.05, 4.69) is 22.2 Å². The molecule has 33 heavy (non-hydrogen) atoms. The van der Waals surface area contributed by atoms with Gasteiger partial charge in [-0.25, -0.2) is 4.98 Å². The fourth-order valence-electron chi connectivity index (χ4n) is 4.13. The molecule has 1 unspecified atom stereocenters. The van der Waals surface area contributed by atoms with E-state index in [9.17, 15) is 18.0 Å². The van der Waals surface area contributed by atoms with Gasteiger partial charge in [-0.15, -0.1) is 0 Å². The number of aromatic nitrogens is 2. The number of nitrogens with one attached hydrogen (secondary N) is 1. The normalized spacial score (nSPS) is 16.1. The van der Waals surface area contributed by atoms with Crippen molar-refractivity contribution in [1.29, 1.82) is 0 Å². The summed E-state index contributed by atoms with van der Waals surface area (Å²) < 4.78 is 39.9. The van der Waals surface area contributed by atoms with Crippen LogP contribution in [0.5, 0.6) is 0 Å². The quantitative estimate of drug-likeness (QED) is 0.566. The molecule has 8 heteroatoms. The molecule has 3 heterocycles. The van der Waals surface area contributed by atoms with Gasteiger partial charge in [0.15, 0.2) is 0 Å². The highest BCUT2D eigenvalue weighted by Crippen LogP contribution is 2.32. The van der Waals surface area contributed by atoms with Crippen molar-refractivity contribution in [2.24, 2.45) is 5.92 Å². The Morgan fingerprint density at radius 2 is 1.91 bits per heavy atom. The van der Waals surface area contributed by atoms with Gasteiger partial charge in [-0.05, 0) is 54.8 Å². The Balaban J connectivity index is 1.51. The Morgan fingerprint density at radius 3 is 2.64 bits per heavy atom. The van der Waals surface area contributed by atoms with Crippen LogP contribution < -0.4 is 10.2 Å². The summed E-state index contributed by atoms with van der Waals surface area (Å²) in [6.07, 6.45) is 0.758. The lowest BCUT2D eigenvalue weighted by molar-refractivity contribution is -0.141. The summed E-state index contributed by atoms with van der Waals surface area (Å²) in [7, 11) is 0. The Morgan fingerprint density at radius 1 is 1.15 bits per heavy atom. The highest BCUT2D eigenvalue weighted by atomic mass is 19.4. The van der Waals surface area contributed by atoms with Crippen LogP contribution in [0.1, 0.15) is 49.4 Å². The number of piperidine rings is 1. The van der Waals surface area contributed by atoms with E-state index in [0.29, 0.717) is 30.4 Å². The van der Waals surface area contributed by atoms with E-state index in [1.165, 1.54) is 6.07 Å². The standard InChI is InChI=1S/C25H27F3N4O/c1-16-8-11-32(12-9-16)23-20(5-6-22(31-23)25(26,27)28)15-30-24(33)17(2)19-4-3-18-7-10-29-14-21(18)13-19/h3-7,10,13-14,16-17H,8-9,11-12,15H2,1-2H3,(H,30,33). The van der Waals surface area contributed by atoms with Gasteiger partial charge in [0, 0.05) is 43.0 Å². The average Bonchev–Trinajstić information content (AvgIpc) is 2.81. The van der Waals surface area contributed by atoms with Crippen LogP contribution in [0.3, 0.4) is 0 Å². The van der Waals surface area contributed by atoms with Crippen LogP contribution in [0, 0.1) is 5.92 Å². The predicted octanol–water partition coefficient (Wildman–Crippen LogP) is 5.30. The van der Waals surface area contributed by atoms with Crippen LogP contribution in [-0.4, -0.2) is 29.0 Å². The molecule has 1 N–H and O–H groups in total. The summed E-state index contributed by atoms with van der Waals surface area (Å²) in [5, 5.41) is 4.88. The number of anilines is 1. The topological polar surface area (TPSA) is 58.1 Å². The average molecular weight is 457 g/mol. The van der Waals surface area contributed by atoms with Gasteiger partial charge in [-0.2, -0.15) is 13.2 Å². The smallest absolute Gasteiger partial charge is 0.356 e. The highest BCUT2D eigenvalue weighted by molar-refractivity contribution is 5.87. The van der Waals surface area contributed by atoms with E-state index in [-0.39, 0.29) is 12.5 Å². The minimum Gasteiger partial charge on any atom is -0.356 e. The van der Waals surface area contributed by atoms with Gasteiger partial charge in [-0.1, -0.05) is 25.1 Å². The summed E-state index contributed by atoms with van der Waals surface area (Å²) in [6, 6.07) is 10.1. The van der Waals surface area contributed by atoms with Crippen molar-refractivity contribution in [3.05, 3.63) is 65.6 Å². The number of halogens is 3. The molecule has 1 aromatic carbocycles. The molecule has 174 valence electrons. The summed E-state index contributed by atoms with van der Waals surface area (Å²) >= 11 is 0. The number of alkyl halides is 3. The lowest BCUT2D eigenvalue weighted by Crippen LogP contribution is -2.35. The number of benzene rings is 1. The molecule has 0 radical (unpaired) electrons. The van der Waals surface area contributed by atoms with E-state index in [1.807, 2.05) is 36.1 Å². The number of hydrogen-bond acceptors (Lipinski definition) is 4. The number of carbonyl (C=O) groups is 1. The van der Waals surface area contributed by atoms with Crippen molar-refractivity contribution >= 4 is 22.5 Å². The fraction of sp³-hybridized carbons (Fsp3) is 0.400. The molecule has 2 aromatic heterocycles. The second-order valence-corrected chi connectivity index (χ2v) is 8.77. The first-order valence-corrected chi connectivity index (χ1v) is 11.2. The van der Waals surface area contributed by atoms with E-state index in [1.54, 1.807) is 12.4 Å². The molecule has 1 amide bonds. The lowest BCUT2D eigenvalue weighted by Gasteiger charge is -2.33. The van der Waals surface area contributed by atoms with Gasteiger partial charge in [0.25, 0.3) is 0 Å². The van der Waals surface area contributed by atoms with E-state index in [0.717, 1.165) is 35.2 Å². The maximum Gasteiger partial charge on any atom is 0.433 e. The molecule has 0 spiro atoms. The SMILES string of the molecule is CC1CCN(c2nc(C(F)(F)F)ccc2CNC(=O)C(C)c2ccc3ccncc3c2)CC1. The zero-order valence-electron chi connectivity index (χ0n) is 18.7. The van der Waals surface area contributed by atoms with Crippen molar-refractivity contribution in [3.63, 3.8) is 0 Å². The molecule has 5 nitrogen and oxygen atoms in total. The van der Waals surface area contributed by atoms with Crippen molar-refractivity contribution in [2.45, 2.75) is 45.3 Å². The maximum atomic E-state index is 13.3. The minimum absolute atomic E-state index is 0.116. The predicted molar refractivity (Wildman–Crippen MR) is 122 cm³/mol. The molecule has 3 aromatic rings. The van der Waals surface area contributed by atoms with Crippen LogP contribution in [0.15, 0.2) is 48.8 Å². The van der Waals surface area contributed by atoms with E-state index >= 15 is 0 Å². The van der Waals surface area contributed by atoms with Crippen LogP contribution in [0.2, 0.25) is 0 Å². The summed E-state index contributed by atoms with van der Waals surface area (Å²) in [5.41, 5.74) is 0.522. The highest BCUT2D eigenvalue weighted by Gasteiger charge is 2.34. The number of hydrogen-bond donors (Lipinski definition) is 1. The zero-order chi connectivity index (χ0) is 23.6. The van der Waals surface area contributed by atoms with Crippen LogP contribution in [-0.2, 0) is 17.5 Å². The molecule has 1 atom stereocenters. The fourth-order valence-corrected chi connectivity index (χ4v) is 4.13. The Hall–Kier alpha value is -3.16. The third kappa shape index (κ3) is 5.26. The minimum atomic E-state index is -4.51. The third-order valence-electron chi connectivity index (χ3n) is 6.34. The van der Waals surface area contributed by atoms with Gasteiger partial charge in [-0.3, -0.25) is 9.78 Å². The second kappa shape index (κ2) is 9.37. The van der Waals surface area contributed by atoms with Gasteiger partial charge in [0.2, 0.25) is 5.91 Å². The number of pyridine rings is 2. The monoisotopic (exact) mass is 456 g/mol. The molecule has 0 aliphatic carbocycles. The van der Waals surface area contributed by atoms with Crippen molar-refractivity contribution < 1.29 is 18.0 Å². The van der Waals surface area contributed by atoms with Crippen LogP contribution in [0.25, 0.3) is 10.8 Å². The van der Waals surface area contributed by atoms with Crippen LogP contribution >= 0.6 is 0 Å². The summed E-state index contributed by atoms with van der Waals surface area (Å²) in [5.74, 6) is 0.224. The van der Waals surface area contributed by atoms with Gasteiger partial charge in [0.1, 0.15) is 11.5 Å². The number of rotatable bonds is 5. The number of carbonyl (C=O) groups excluding carboxylic acids is 1. The maximum absolute atomic E-state index is 13.3. The van der Waals surface area contributed by atoms with Crippen LogP contribution in [0.4, 0.5) is 19.0 Å². The van der Waals surface area contributed by atoms with Crippen molar-refractivity contribution in [1.82, 2.24) is 15.3 Å². The summed E-state index contributed by atoms with van der Waals surface area (Å²) in [6.45, 7) is 5.37. The Labute approximate surface area is 191 Å². The lowest BCUT2D eigenvalue weighted by atomic mass is 9.97. The first-order chi connectivity index (χ1) is 15.7.